The summed E-state index contributed by atoms with van der Waals surface area (Å²) in [5, 5.41) is 2.11. The highest BCUT2D eigenvalue weighted by Crippen LogP contribution is 2.08. The van der Waals surface area contributed by atoms with Crippen molar-refractivity contribution in [3.8, 4) is 0 Å². The van der Waals surface area contributed by atoms with Crippen LogP contribution in [-0.2, 0) is 9.53 Å². The number of carbonyl (C=O) groups excluding carboxylic acids is 1. The number of hydrogen-bond donors (Lipinski definition) is 1. The second kappa shape index (κ2) is 5.07. The number of hydrogen-bond acceptors (Lipinski definition) is 5. The van der Waals surface area contributed by atoms with Gasteiger partial charge in [0.2, 0.25) is 0 Å². The monoisotopic (exact) mass is 202 g/mol. The molecule has 1 unspecified atom stereocenters. The first-order chi connectivity index (χ1) is 5.90. The SMILES string of the molecule is CC(C)(C)OC(=O)C(CN)N=C=S. The number of nitrogens with two attached hydrogens (primary N) is 1. The van der Waals surface area contributed by atoms with Crippen LogP contribution in [0.5, 0.6) is 0 Å². The molecule has 2 N–H and O–H groups in total. The van der Waals surface area contributed by atoms with Gasteiger partial charge in [0.25, 0.3) is 0 Å². The van der Waals surface area contributed by atoms with Crippen molar-refractivity contribution < 1.29 is 9.53 Å². The highest BCUT2D eigenvalue weighted by Gasteiger charge is 2.23. The first-order valence-corrected chi connectivity index (χ1v) is 4.31. The number of nitrogens with zero attached hydrogens (tertiary/aromatic N) is 1. The van der Waals surface area contributed by atoms with E-state index in [1.807, 2.05) is 0 Å². The van der Waals surface area contributed by atoms with E-state index < -0.39 is 17.6 Å². The lowest BCUT2D eigenvalue weighted by atomic mass is 10.2. The van der Waals surface area contributed by atoms with Gasteiger partial charge < -0.3 is 10.5 Å². The minimum absolute atomic E-state index is 0.0819. The standard InChI is InChI=1S/C8H14N2O2S/c1-8(2,3)12-7(11)6(4-9)10-5-13/h6H,4,9H2,1-3H3. The number of thiocarbonyl (C=S) groups is 1. The number of carbonyl (C=O) groups is 1. The third kappa shape index (κ3) is 5.47. The van der Waals surface area contributed by atoms with Gasteiger partial charge in [-0.25, -0.2) is 9.79 Å². The summed E-state index contributed by atoms with van der Waals surface area (Å²) in [6.07, 6.45) is 0. The minimum atomic E-state index is -0.725. The van der Waals surface area contributed by atoms with Gasteiger partial charge in [0.15, 0.2) is 6.04 Å². The third-order valence-electron chi connectivity index (χ3n) is 1.11. The predicted molar refractivity (Wildman–Crippen MR) is 53.7 cm³/mol. The molecule has 74 valence electrons. The van der Waals surface area contributed by atoms with Gasteiger partial charge in [-0.05, 0) is 33.0 Å². The smallest absolute Gasteiger partial charge is 0.333 e. The average Bonchev–Trinajstić information content (AvgIpc) is 1.96. The Bertz CT molecular complexity index is 229. The molecule has 1 atom stereocenters. The third-order valence-corrected chi connectivity index (χ3v) is 1.22. The van der Waals surface area contributed by atoms with Crippen LogP contribution in [0.2, 0.25) is 0 Å². The molecule has 0 heterocycles. The van der Waals surface area contributed by atoms with Gasteiger partial charge >= 0.3 is 5.97 Å². The fraction of sp³-hybridized carbons (Fsp3) is 0.750. The van der Waals surface area contributed by atoms with Gasteiger partial charge in [0.05, 0.1) is 5.16 Å². The van der Waals surface area contributed by atoms with E-state index in [1.165, 1.54) is 0 Å². The van der Waals surface area contributed by atoms with E-state index >= 15 is 0 Å². The van der Waals surface area contributed by atoms with Crippen molar-refractivity contribution >= 4 is 23.3 Å². The van der Waals surface area contributed by atoms with Gasteiger partial charge in [0, 0.05) is 6.54 Å². The van der Waals surface area contributed by atoms with Crippen LogP contribution in [0.1, 0.15) is 20.8 Å². The lowest BCUT2D eigenvalue weighted by molar-refractivity contribution is -0.156. The Kier molecular flexibility index (Phi) is 4.77. The zero-order chi connectivity index (χ0) is 10.5. The number of ether oxygens (including phenoxy) is 1. The van der Waals surface area contributed by atoms with Crippen LogP contribution in [0.25, 0.3) is 0 Å². The lowest BCUT2D eigenvalue weighted by Crippen LogP contribution is -2.35. The van der Waals surface area contributed by atoms with Gasteiger partial charge in [-0.15, -0.1) is 0 Å². The van der Waals surface area contributed by atoms with E-state index in [2.05, 4.69) is 22.4 Å². The molecule has 0 fully saturated rings. The molecule has 0 aliphatic heterocycles. The molecular formula is C8H14N2O2S. The maximum absolute atomic E-state index is 11.3. The summed E-state index contributed by atoms with van der Waals surface area (Å²) in [6, 6.07) is -0.725. The molecule has 0 spiro atoms. The van der Waals surface area contributed by atoms with Crippen molar-refractivity contribution in [2.75, 3.05) is 6.54 Å². The maximum atomic E-state index is 11.3. The zero-order valence-corrected chi connectivity index (χ0v) is 8.85. The van der Waals surface area contributed by atoms with Gasteiger partial charge in [-0.1, -0.05) is 0 Å². The molecule has 0 saturated carbocycles. The Hall–Kier alpha value is -0.770. The van der Waals surface area contributed by atoms with Crippen molar-refractivity contribution in [3.05, 3.63) is 0 Å². The summed E-state index contributed by atoms with van der Waals surface area (Å²) in [4.78, 5) is 14.9. The van der Waals surface area contributed by atoms with Crippen LogP contribution < -0.4 is 5.73 Å². The summed E-state index contributed by atoms with van der Waals surface area (Å²) in [7, 11) is 0. The van der Waals surface area contributed by atoms with Crippen LogP contribution in [0.4, 0.5) is 0 Å². The quantitative estimate of drug-likeness (QED) is 0.417. The lowest BCUT2D eigenvalue weighted by Gasteiger charge is -2.21. The van der Waals surface area contributed by atoms with Crippen LogP contribution in [0.3, 0.4) is 0 Å². The van der Waals surface area contributed by atoms with E-state index in [0.29, 0.717) is 0 Å². The molecule has 0 bridgehead atoms. The summed E-state index contributed by atoms with van der Waals surface area (Å²) in [6.45, 7) is 5.41. The molecule has 0 aromatic carbocycles. The molecule has 0 aliphatic rings. The van der Waals surface area contributed by atoms with E-state index in [4.69, 9.17) is 10.5 Å². The molecule has 0 aromatic heterocycles. The fourth-order valence-electron chi connectivity index (χ4n) is 0.635. The second-order valence-electron chi connectivity index (χ2n) is 3.51. The molecule has 13 heavy (non-hydrogen) atoms. The number of esters is 1. The Morgan fingerprint density at radius 3 is 2.54 bits per heavy atom. The van der Waals surface area contributed by atoms with Crippen molar-refractivity contribution in [3.63, 3.8) is 0 Å². The van der Waals surface area contributed by atoms with Gasteiger partial charge in [-0.3, -0.25) is 0 Å². The Labute approximate surface area is 83.2 Å². The minimum Gasteiger partial charge on any atom is -0.458 e. The van der Waals surface area contributed by atoms with E-state index in [0.717, 1.165) is 0 Å². The zero-order valence-electron chi connectivity index (χ0n) is 8.03. The highest BCUT2D eigenvalue weighted by atomic mass is 32.1. The predicted octanol–water partition coefficient (Wildman–Crippen LogP) is 0.758. The first kappa shape index (κ1) is 12.2. The molecule has 0 radical (unpaired) electrons. The van der Waals surface area contributed by atoms with Crippen LogP contribution in [0.15, 0.2) is 4.99 Å². The maximum Gasteiger partial charge on any atom is 0.333 e. The van der Waals surface area contributed by atoms with E-state index in [1.54, 1.807) is 20.8 Å². The molecule has 0 amide bonds. The highest BCUT2D eigenvalue weighted by molar-refractivity contribution is 7.78. The number of aliphatic imine (C=N–C) groups is 1. The fourth-order valence-corrected chi connectivity index (χ4v) is 0.762. The molecule has 0 rings (SSSR count). The largest absolute Gasteiger partial charge is 0.458 e. The van der Waals surface area contributed by atoms with Crippen molar-refractivity contribution in [1.29, 1.82) is 0 Å². The van der Waals surface area contributed by atoms with Crippen molar-refractivity contribution in [2.24, 2.45) is 10.7 Å². The molecule has 0 saturated heterocycles. The topological polar surface area (TPSA) is 64.7 Å². The second-order valence-corrected chi connectivity index (χ2v) is 3.69. The van der Waals surface area contributed by atoms with E-state index in [9.17, 15) is 4.79 Å². The Balaban J connectivity index is 4.31. The normalized spacial score (nSPS) is 12.9. The van der Waals surface area contributed by atoms with E-state index in [-0.39, 0.29) is 6.54 Å². The molecular weight excluding hydrogens is 188 g/mol. The summed E-state index contributed by atoms with van der Waals surface area (Å²) in [5.41, 5.74) is 4.77. The average molecular weight is 202 g/mol. The van der Waals surface area contributed by atoms with Crippen LogP contribution in [0, 0.1) is 0 Å². The summed E-state index contributed by atoms with van der Waals surface area (Å²) < 4.78 is 5.04. The van der Waals surface area contributed by atoms with Crippen LogP contribution in [-0.4, -0.2) is 29.3 Å². The van der Waals surface area contributed by atoms with Crippen LogP contribution >= 0.6 is 12.2 Å². The molecule has 0 aromatic rings. The number of rotatable bonds is 3. The number of isothiocyanates is 1. The van der Waals surface area contributed by atoms with Gasteiger partial charge in [-0.2, -0.15) is 0 Å². The first-order valence-electron chi connectivity index (χ1n) is 3.90. The van der Waals surface area contributed by atoms with Gasteiger partial charge in [0.1, 0.15) is 5.60 Å². The molecule has 4 nitrogen and oxygen atoms in total. The molecule has 0 aliphatic carbocycles. The molecule has 5 heteroatoms. The van der Waals surface area contributed by atoms with Crippen molar-refractivity contribution in [2.45, 2.75) is 32.4 Å². The summed E-state index contributed by atoms with van der Waals surface area (Å²) in [5.74, 6) is -0.465. The van der Waals surface area contributed by atoms with Crippen molar-refractivity contribution in [1.82, 2.24) is 0 Å². The summed E-state index contributed by atoms with van der Waals surface area (Å²) >= 11 is 4.38. The Morgan fingerprint density at radius 1 is 1.69 bits per heavy atom. The Morgan fingerprint density at radius 2 is 2.23 bits per heavy atom.